The number of rotatable bonds is 7. The van der Waals surface area contributed by atoms with E-state index >= 15 is 0 Å². The average Bonchev–Trinajstić information content (AvgIpc) is 2.74. The van der Waals surface area contributed by atoms with Crippen molar-refractivity contribution in [2.75, 3.05) is 12.4 Å². The molecule has 3 aromatic rings. The summed E-state index contributed by atoms with van der Waals surface area (Å²) in [5, 5.41) is 6.12. The van der Waals surface area contributed by atoms with Gasteiger partial charge in [-0.2, -0.15) is 0 Å². The van der Waals surface area contributed by atoms with Crippen molar-refractivity contribution >= 4 is 29.1 Å². The number of amides is 2. The normalized spacial score (nSPS) is 11.4. The van der Waals surface area contributed by atoms with Gasteiger partial charge in [-0.3, -0.25) is 9.59 Å². The van der Waals surface area contributed by atoms with Crippen molar-refractivity contribution in [3.63, 3.8) is 0 Å². The third kappa shape index (κ3) is 5.36. The summed E-state index contributed by atoms with van der Waals surface area (Å²) in [5.41, 5.74) is 1.76. The number of halogens is 1. The van der Waals surface area contributed by atoms with Gasteiger partial charge < -0.3 is 15.4 Å². The Bertz CT molecular complexity index is 992. The highest BCUT2D eigenvalue weighted by molar-refractivity contribution is 6.33. The number of hydrogen-bond acceptors (Lipinski definition) is 3. The lowest BCUT2D eigenvalue weighted by atomic mass is 10.0. The second-order valence-corrected chi connectivity index (χ2v) is 6.78. The van der Waals surface area contributed by atoms with Crippen molar-refractivity contribution < 1.29 is 14.3 Å². The first-order valence-electron chi connectivity index (χ1n) is 9.11. The molecule has 2 N–H and O–H groups in total. The molecule has 0 aliphatic rings. The lowest BCUT2D eigenvalue weighted by Gasteiger charge is -2.20. The Morgan fingerprint density at radius 2 is 1.59 bits per heavy atom. The maximum absolute atomic E-state index is 12.7. The number of carbonyl (C=O) groups excluding carboxylic acids is 2. The summed E-state index contributed by atoms with van der Waals surface area (Å²) in [6, 6.07) is 22.8. The predicted molar refractivity (Wildman–Crippen MR) is 114 cm³/mol. The minimum absolute atomic E-state index is 0.0538. The van der Waals surface area contributed by atoms with Crippen molar-refractivity contribution in [3.05, 3.63) is 95.0 Å². The largest absolute Gasteiger partial charge is 0.495 e. The summed E-state index contributed by atoms with van der Waals surface area (Å²) in [6.07, 6.45) is 0.0538. The molecule has 0 saturated heterocycles. The molecule has 0 aromatic heterocycles. The van der Waals surface area contributed by atoms with Crippen LogP contribution in [0.25, 0.3) is 0 Å². The summed E-state index contributed by atoms with van der Waals surface area (Å²) in [5.74, 6) is -0.0189. The van der Waals surface area contributed by atoms with Gasteiger partial charge in [0.15, 0.2) is 0 Å². The summed E-state index contributed by atoms with van der Waals surface area (Å²) >= 11 is 6.14. The van der Waals surface area contributed by atoms with E-state index in [2.05, 4.69) is 10.6 Å². The highest BCUT2D eigenvalue weighted by atomic mass is 35.5. The molecule has 3 aromatic carbocycles. The van der Waals surface area contributed by atoms with E-state index in [1.165, 1.54) is 0 Å². The van der Waals surface area contributed by atoms with Gasteiger partial charge in [0, 0.05) is 0 Å². The standard InChI is InChI=1S/C23H21ClN2O3/c1-29-21-14-8-7-13-19(21)25-22(27)15-20(16-9-3-2-4-10-16)26-23(28)17-11-5-6-12-18(17)24/h2-14,20H,15H2,1H3,(H,25,27)(H,26,28)/t20-/m0/s1. The number of ether oxygens (including phenoxy) is 1. The van der Waals surface area contributed by atoms with E-state index in [1.54, 1.807) is 43.5 Å². The zero-order chi connectivity index (χ0) is 20.6. The van der Waals surface area contributed by atoms with Gasteiger partial charge in [0.05, 0.1) is 35.8 Å². The smallest absolute Gasteiger partial charge is 0.253 e. The number of anilines is 1. The van der Waals surface area contributed by atoms with Crippen molar-refractivity contribution in [1.82, 2.24) is 5.32 Å². The topological polar surface area (TPSA) is 67.4 Å². The van der Waals surface area contributed by atoms with Crippen LogP contribution < -0.4 is 15.4 Å². The highest BCUT2D eigenvalue weighted by Crippen LogP contribution is 2.25. The van der Waals surface area contributed by atoms with Crippen molar-refractivity contribution in [2.45, 2.75) is 12.5 Å². The molecule has 0 unspecified atom stereocenters. The second-order valence-electron chi connectivity index (χ2n) is 6.37. The molecular formula is C23H21ClN2O3. The van der Waals surface area contributed by atoms with Crippen LogP contribution in [-0.4, -0.2) is 18.9 Å². The number of benzene rings is 3. The number of hydrogen-bond donors (Lipinski definition) is 2. The summed E-state index contributed by atoms with van der Waals surface area (Å²) in [6.45, 7) is 0. The molecule has 3 rings (SSSR count). The summed E-state index contributed by atoms with van der Waals surface area (Å²) < 4.78 is 5.27. The molecule has 29 heavy (non-hydrogen) atoms. The Kier molecular flexibility index (Phi) is 6.87. The lowest BCUT2D eigenvalue weighted by molar-refractivity contribution is -0.116. The van der Waals surface area contributed by atoms with Crippen LogP contribution in [0.15, 0.2) is 78.9 Å². The minimum Gasteiger partial charge on any atom is -0.495 e. The SMILES string of the molecule is COc1ccccc1NC(=O)C[C@H](NC(=O)c1ccccc1Cl)c1ccccc1. The maximum atomic E-state index is 12.7. The molecule has 0 radical (unpaired) electrons. The molecule has 5 nitrogen and oxygen atoms in total. The molecule has 0 spiro atoms. The Morgan fingerprint density at radius 3 is 2.31 bits per heavy atom. The van der Waals surface area contributed by atoms with Gasteiger partial charge in [-0.1, -0.05) is 66.2 Å². The van der Waals surface area contributed by atoms with Crippen molar-refractivity contribution in [3.8, 4) is 5.75 Å². The van der Waals surface area contributed by atoms with Gasteiger partial charge in [-0.15, -0.1) is 0 Å². The van der Waals surface area contributed by atoms with E-state index in [4.69, 9.17) is 16.3 Å². The zero-order valence-corrected chi connectivity index (χ0v) is 16.6. The van der Waals surface area contributed by atoms with Gasteiger partial charge in [0.25, 0.3) is 5.91 Å². The molecule has 6 heteroatoms. The molecule has 2 amide bonds. The minimum atomic E-state index is -0.519. The van der Waals surface area contributed by atoms with Crippen LogP contribution in [0.2, 0.25) is 5.02 Å². The Morgan fingerprint density at radius 1 is 0.931 bits per heavy atom. The molecule has 0 fully saturated rings. The van der Waals surface area contributed by atoms with Crippen LogP contribution in [-0.2, 0) is 4.79 Å². The third-order valence-electron chi connectivity index (χ3n) is 4.40. The fraction of sp³-hybridized carbons (Fsp3) is 0.130. The van der Waals surface area contributed by atoms with Crippen LogP contribution in [0, 0.1) is 0 Å². The van der Waals surface area contributed by atoms with Crippen LogP contribution in [0.3, 0.4) is 0 Å². The van der Waals surface area contributed by atoms with Gasteiger partial charge in [0.2, 0.25) is 5.91 Å². The highest BCUT2D eigenvalue weighted by Gasteiger charge is 2.21. The van der Waals surface area contributed by atoms with E-state index in [1.807, 2.05) is 42.5 Å². The van der Waals surface area contributed by atoms with Crippen molar-refractivity contribution in [2.24, 2.45) is 0 Å². The molecule has 0 aliphatic carbocycles. The van der Waals surface area contributed by atoms with Gasteiger partial charge >= 0.3 is 0 Å². The first-order chi connectivity index (χ1) is 14.1. The first kappa shape index (κ1) is 20.4. The molecule has 0 bridgehead atoms. The summed E-state index contributed by atoms with van der Waals surface area (Å²) in [4.78, 5) is 25.4. The molecule has 0 aliphatic heterocycles. The monoisotopic (exact) mass is 408 g/mol. The summed E-state index contributed by atoms with van der Waals surface area (Å²) in [7, 11) is 1.54. The van der Waals surface area contributed by atoms with Gasteiger partial charge in [0.1, 0.15) is 5.75 Å². The Balaban J connectivity index is 1.78. The molecule has 148 valence electrons. The fourth-order valence-corrected chi connectivity index (χ4v) is 3.18. The molecule has 0 heterocycles. The molecular weight excluding hydrogens is 388 g/mol. The Hall–Kier alpha value is -3.31. The van der Waals surface area contributed by atoms with Gasteiger partial charge in [-0.25, -0.2) is 0 Å². The van der Waals surface area contributed by atoms with Crippen LogP contribution in [0.1, 0.15) is 28.4 Å². The predicted octanol–water partition coefficient (Wildman–Crippen LogP) is 4.85. The maximum Gasteiger partial charge on any atom is 0.253 e. The number of carbonyl (C=O) groups is 2. The Labute approximate surface area is 174 Å². The van der Waals surface area contributed by atoms with Crippen LogP contribution >= 0.6 is 11.6 Å². The third-order valence-corrected chi connectivity index (χ3v) is 4.73. The molecule has 1 atom stereocenters. The lowest BCUT2D eigenvalue weighted by Crippen LogP contribution is -2.31. The zero-order valence-electron chi connectivity index (χ0n) is 15.9. The second kappa shape index (κ2) is 9.75. The number of methoxy groups -OCH3 is 1. The first-order valence-corrected chi connectivity index (χ1v) is 9.49. The van der Waals surface area contributed by atoms with E-state index in [9.17, 15) is 9.59 Å². The average molecular weight is 409 g/mol. The van der Waals surface area contributed by atoms with E-state index in [-0.39, 0.29) is 18.2 Å². The molecule has 0 saturated carbocycles. The van der Waals surface area contributed by atoms with Gasteiger partial charge in [-0.05, 0) is 29.8 Å². The van der Waals surface area contributed by atoms with Crippen LogP contribution in [0.5, 0.6) is 5.75 Å². The van der Waals surface area contributed by atoms with Crippen LogP contribution in [0.4, 0.5) is 5.69 Å². The van der Waals surface area contributed by atoms with E-state index in [0.29, 0.717) is 22.0 Å². The number of para-hydroxylation sites is 2. The fourth-order valence-electron chi connectivity index (χ4n) is 2.95. The van der Waals surface area contributed by atoms with E-state index in [0.717, 1.165) is 5.56 Å². The van der Waals surface area contributed by atoms with Crippen molar-refractivity contribution in [1.29, 1.82) is 0 Å². The number of nitrogens with one attached hydrogen (secondary N) is 2. The van der Waals surface area contributed by atoms with E-state index < -0.39 is 6.04 Å². The quantitative estimate of drug-likeness (QED) is 0.587.